The molecule has 0 unspecified atom stereocenters. The molecule has 9 heteroatoms. The van der Waals surface area contributed by atoms with Gasteiger partial charge < -0.3 is 14.0 Å². The lowest BCUT2D eigenvalue weighted by Gasteiger charge is -2.06. The molecular formula is C20H24N4O4S. The quantitative estimate of drug-likeness (QED) is 0.416. The Morgan fingerprint density at radius 3 is 2.72 bits per heavy atom. The zero-order valence-electron chi connectivity index (χ0n) is 16.8. The lowest BCUT2D eigenvalue weighted by molar-refractivity contribution is 0.0526. The number of nitrogens with zero attached hydrogens (tertiary/aromatic N) is 4. The number of aromatic nitrogens is 3. The monoisotopic (exact) mass is 416 g/mol. The molecule has 0 aliphatic heterocycles. The van der Waals surface area contributed by atoms with Crippen LogP contribution in [-0.4, -0.2) is 46.0 Å². The summed E-state index contributed by atoms with van der Waals surface area (Å²) in [6.45, 7) is 8.18. The summed E-state index contributed by atoms with van der Waals surface area (Å²) in [5.74, 6) is -0.725. The number of hydrogen-bond donors (Lipinski definition) is 0. The van der Waals surface area contributed by atoms with Gasteiger partial charge in [-0.1, -0.05) is 11.3 Å². The maximum atomic E-state index is 12.7. The average Bonchev–Trinajstić information content (AvgIpc) is 3.32. The molecular weight excluding hydrogens is 392 g/mol. The Bertz CT molecular complexity index is 1080. The van der Waals surface area contributed by atoms with Gasteiger partial charge in [0.1, 0.15) is 5.69 Å². The summed E-state index contributed by atoms with van der Waals surface area (Å²) < 4.78 is 15.0. The first-order chi connectivity index (χ1) is 14.1. The predicted molar refractivity (Wildman–Crippen MR) is 110 cm³/mol. The average molecular weight is 417 g/mol. The molecule has 0 radical (unpaired) electrons. The highest BCUT2D eigenvalue weighted by molar-refractivity contribution is 7.16. The fourth-order valence-corrected chi connectivity index (χ4v) is 4.02. The second kappa shape index (κ2) is 9.62. The highest BCUT2D eigenvalue weighted by atomic mass is 32.1. The van der Waals surface area contributed by atoms with Crippen molar-refractivity contribution >= 4 is 33.4 Å². The summed E-state index contributed by atoms with van der Waals surface area (Å²) >= 11 is 1.35. The van der Waals surface area contributed by atoms with Crippen LogP contribution in [0, 0.1) is 0 Å². The van der Waals surface area contributed by atoms with E-state index in [1.54, 1.807) is 36.0 Å². The van der Waals surface area contributed by atoms with E-state index in [-0.39, 0.29) is 11.9 Å². The van der Waals surface area contributed by atoms with Crippen molar-refractivity contribution in [3.63, 3.8) is 0 Å². The first-order valence-corrected chi connectivity index (χ1v) is 10.4. The SMILES string of the molecule is CCOCCn1c(=NC(=O)c2ccnn2CC)sc2cc(C(=O)OCC)ccc21. The highest BCUT2D eigenvalue weighted by Gasteiger charge is 2.14. The van der Waals surface area contributed by atoms with Crippen LogP contribution in [0.2, 0.25) is 0 Å². The molecule has 0 aliphatic carbocycles. The van der Waals surface area contributed by atoms with Gasteiger partial charge in [0.05, 0.1) is 29.0 Å². The van der Waals surface area contributed by atoms with Crippen LogP contribution >= 0.6 is 11.3 Å². The van der Waals surface area contributed by atoms with Gasteiger partial charge in [-0.25, -0.2) is 4.79 Å². The molecule has 154 valence electrons. The molecule has 0 spiro atoms. The number of ether oxygens (including phenoxy) is 2. The largest absolute Gasteiger partial charge is 0.462 e. The number of benzene rings is 1. The van der Waals surface area contributed by atoms with Crippen molar-refractivity contribution in [2.24, 2.45) is 4.99 Å². The summed E-state index contributed by atoms with van der Waals surface area (Å²) in [6.07, 6.45) is 1.59. The number of aryl methyl sites for hydroxylation is 1. The van der Waals surface area contributed by atoms with Crippen LogP contribution in [0.3, 0.4) is 0 Å². The smallest absolute Gasteiger partial charge is 0.338 e. The lowest BCUT2D eigenvalue weighted by Crippen LogP contribution is -2.20. The second-order valence-electron chi connectivity index (χ2n) is 6.09. The van der Waals surface area contributed by atoms with E-state index in [1.165, 1.54) is 11.3 Å². The van der Waals surface area contributed by atoms with Gasteiger partial charge in [-0.2, -0.15) is 10.1 Å². The Kier molecular flexibility index (Phi) is 6.95. The van der Waals surface area contributed by atoms with Crippen molar-refractivity contribution in [1.29, 1.82) is 0 Å². The van der Waals surface area contributed by atoms with E-state index in [9.17, 15) is 9.59 Å². The topological polar surface area (TPSA) is 87.7 Å². The number of hydrogen-bond acceptors (Lipinski definition) is 6. The molecule has 1 aromatic carbocycles. The van der Waals surface area contributed by atoms with Crippen LogP contribution in [0.5, 0.6) is 0 Å². The minimum absolute atomic E-state index is 0.315. The van der Waals surface area contributed by atoms with Crippen molar-refractivity contribution in [3.05, 3.63) is 46.5 Å². The number of fused-ring (bicyclic) bond motifs is 1. The first kappa shape index (κ1) is 20.9. The molecule has 0 N–H and O–H groups in total. The van der Waals surface area contributed by atoms with Gasteiger partial charge in [0.25, 0.3) is 5.91 Å². The molecule has 0 bridgehead atoms. The maximum absolute atomic E-state index is 12.7. The standard InChI is InChI=1S/C20H24N4O4S/c1-4-24-16(9-10-21-24)18(25)22-20-23(11-12-27-5-2)15-8-7-14(13-17(15)29-20)19(26)28-6-3/h7-10,13H,4-6,11-12H2,1-3H3. The third-order valence-corrected chi connectivity index (χ3v) is 5.33. The van der Waals surface area contributed by atoms with Crippen molar-refractivity contribution < 1.29 is 19.1 Å². The van der Waals surface area contributed by atoms with Crippen molar-refractivity contribution in [3.8, 4) is 0 Å². The Hall–Kier alpha value is -2.78. The maximum Gasteiger partial charge on any atom is 0.338 e. The van der Waals surface area contributed by atoms with Crippen molar-refractivity contribution in [1.82, 2.24) is 14.3 Å². The minimum Gasteiger partial charge on any atom is -0.462 e. The van der Waals surface area contributed by atoms with Gasteiger partial charge in [-0.15, -0.1) is 0 Å². The Morgan fingerprint density at radius 2 is 2.00 bits per heavy atom. The van der Waals surface area contributed by atoms with Crippen LogP contribution < -0.4 is 4.80 Å². The molecule has 0 fully saturated rings. The van der Waals surface area contributed by atoms with Crippen LogP contribution in [0.1, 0.15) is 41.6 Å². The van der Waals surface area contributed by atoms with Gasteiger partial charge >= 0.3 is 5.97 Å². The van der Waals surface area contributed by atoms with Crippen LogP contribution in [0.4, 0.5) is 0 Å². The number of rotatable bonds is 8. The van der Waals surface area contributed by atoms with Gasteiger partial charge in [0, 0.05) is 25.9 Å². The Labute approximate surface area is 172 Å². The molecule has 0 saturated heterocycles. The van der Waals surface area contributed by atoms with Crippen LogP contribution in [0.15, 0.2) is 35.5 Å². The minimum atomic E-state index is -0.370. The molecule has 2 heterocycles. The molecule has 3 rings (SSSR count). The zero-order chi connectivity index (χ0) is 20.8. The third kappa shape index (κ3) is 4.63. The normalized spacial score (nSPS) is 11.9. The number of carbonyl (C=O) groups excluding carboxylic acids is 2. The van der Waals surface area contributed by atoms with Crippen molar-refractivity contribution in [2.45, 2.75) is 33.9 Å². The summed E-state index contributed by atoms with van der Waals surface area (Å²) in [7, 11) is 0. The van der Waals surface area contributed by atoms with E-state index in [4.69, 9.17) is 9.47 Å². The van der Waals surface area contributed by atoms with E-state index < -0.39 is 0 Å². The number of amides is 1. The highest BCUT2D eigenvalue weighted by Crippen LogP contribution is 2.20. The van der Waals surface area contributed by atoms with Gasteiger partial charge in [0.15, 0.2) is 4.80 Å². The van der Waals surface area contributed by atoms with E-state index >= 15 is 0 Å². The van der Waals surface area contributed by atoms with Crippen molar-refractivity contribution in [2.75, 3.05) is 19.8 Å². The first-order valence-electron chi connectivity index (χ1n) is 9.58. The van der Waals surface area contributed by atoms with Crippen LogP contribution in [-0.2, 0) is 22.6 Å². The van der Waals surface area contributed by atoms with E-state index in [2.05, 4.69) is 10.1 Å². The molecule has 1 amide bonds. The zero-order valence-corrected chi connectivity index (χ0v) is 17.6. The second-order valence-corrected chi connectivity index (χ2v) is 7.09. The number of carbonyl (C=O) groups is 2. The molecule has 29 heavy (non-hydrogen) atoms. The molecule has 0 atom stereocenters. The number of thiazole rings is 1. The summed E-state index contributed by atoms with van der Waals surface area (Å²) in [4.78, 5) is 29.7. The summed E-state index contributed by atoms with van der Waals surface area (Å²) in [6, 6.07) is 7.01. The molecule has 3 aromatic rings. The molecule has 2 aromatic heterocycles. The van der Waals surface area contributed by atoms with E-state index in [0.29, 0.717) is 49.0 Å². The third-order valence-electron chi connectivity index (χ3n) is 4.29. The Balaban J connectivity index is 2.06. The molecule has 0 aliphatic rings. The van der Waals surface area contributed by atoms with Crippen LogP contribution in [0.25, 0.3) is 10.2 Å². The number of esters is 1. The van der Waals surface area contributed by atoms with Gasteiger partial charge in [-0.3, -0.25) is 9.48 Å². The van der Waals surface area contributed by atoms with E-state index in [0.717, 1.165) is 10.2 Å². The van der Waals surface area contributed by atoms with E-state index in [1.807, 2.05) is 24.5 Å². The summed E-state index contributed by atoms with van der Waals surface area (Å²) in [5.41, 5.74) is 1.80. The molecule has 0 saturated carbocycles. The predicted octanol–water partition coefficient (Wildman–Crippen LogP) is 2.87. The van der Waals surface area contributed by atoms with Gasteiger partial charge in [0.2, 0.25) is 0 Å². The molecule has 8 nitrogen and oxygen atoms in total. The fraction of sp³-hybridized carbons (Fsp3) is 0.400. The lowest BCUT2D eigenvalue weighted by atomic mass is 10.2. The fourth-order valence-electron chi connectivity index (χ4n) is 2.93. The Morgan fingerprint density at radius 1 is 1.17 bits per heavy atom. The van der Waals surface area contributed by atoms with Gasteiger partial charge in [-0.05, 0) is 45.0 Å². The summed E-state index contributed by atoms with van der Waals surface area (Å²) in [5, 5.41) is 4.13.